The maximum Gasteiger partial charge on any atom is 0.165 e. The van der Waals surface area contributed by atoms with Gasteiger partial charge in [0.15, 0.2) is 17.4 Å². The first-order valence-corrected chi connectivity index (χ1v) is 10.1. The van der Waals surface area contributed by atoms with E-state index >= 15 is 0 Å². The molecule has 0 saturated carbocycles. The number of nitrogens with one attached hydrogen (secondary N) is 1. The largest absolute Gasteiger partial charge is 0.454 e. The molecule has 5 nitrogen and oxygen atoms in total. The second-order valence-electron chi connectivity index (χ2n) is 7.53. The van der Waals surface area contributed by atoms with Crippen LogP contribution in [0.5, 0.6) is 11.5 Å². The predicted octanol–water partition coefficient (Wildman–Crippen LogP) is 5.10. The van der Waals surface area contributed by atoms with Crippen LogP contribution in [0.2, 0.25) is 0 Å². The second-order valence-corrected chi connectivity index (χ2v) is 7.53. The lowest BCUT2D eigenvalue weighted by atomic mass is 9.94. The van der Waals surface area contributed by atoms with E-state index in [1.165, 1.54) is 6.20 Å². The molecule has 158 valence electrons. The lowest BCUT2D eigenvalue weighted by molar-refractivity contribution is 0.436. The van der Waals surface area contributed by atoms with Gasteiger partial charge in [-0.05, 0) is 55.8 Å². The number of hydrogen-bond donors (Lipinski definition) is 1. The molecule has 2 aromatic carbocycles. The van der Waals surface area contributed by atoms with Crippen LogP contribution >= 0.6 is 0 Å². The summed E-state index contributed by atoms with van der Waals surface area (Å²) >= 11 is 0. The summed E-state index contributed by atoms with van der Waals surface area (Å²) in [6.45, 7) is 1.70. The van der Waals surface area contributed by atoms with Crippen LogP contribution in [0.3, 0.4) is 0 Å². The van der Waals surface area contributed by atoms with Crippen molar-refractivity contribution in [1.29, 1.82) is 0 Å². The average Bonchev–Trinajstić information content (AvgIpc) is 3.18. The van der Waals surface area contributed by atoms with E-state index in [2.05, 4.69) is 10.3 Å². The zero-order valence-electron chi connectivity index (χ0n) is 16.5. The number of hydrogen-bond acceptors (Lipinski definition) is 4. The van der Waals surface area contributed by atoms with Gasteiger partial charge in [-0.25, -0.2) is 17.9 Å². The van der Waals surface area contributed by atoms with Gasteiger partial charge in [-0.1, -0.05) is 0 Å². The summed E-state index contributed by atoms with van der Waals surface area (Å²) < 4.78 is 49.0. The predicted molar refractivity (Wildman–Crippen MR) is 110 cm³/mol. The maximum atomic E-state index is 14.7. The molecular formula is C23H19F3N4O. The van der Waals surface area contributed by atoms with Gasteiger partial charge in [0.2, 0.25) is 0 Å². The molecule has 0 aliphatic carbocycles. The Bertz CT molecular complexity index is 1230. The van der Waals surface area contributed by atoms with E-state index in [4.69, 9.17) is 9.84 Å². The highest BCUT2D eigenvalue weighted by molar-refractivity contribution is 5.83. The fourth-order valence-electron chi connectivity index (χ4n) is 3.96. The zero-order chi connectivity index (χ0) is 21.4. The van der Waals surface area contributed by atoms with E-state index in [1.54, 1.807) is 35.1 Å². The maximum absolute atomic E-state index is 14.7. The van der Waals surface area contributed by atoms with Crippen LogP contribution in [0.15, 0.2) is 54.9 Å². The van der Waals surface area contributed by atoms with E-state index in [0.29, 0.717) is 28.0 Å². The zero-order valence-corrected chi connectivity index (χ0v) is 16.5. The molecule has 5 rings (SSSR count). The van der Waals surface area contributed by atoms with Gasteiger partial charge < -0.3 is 10.1 Å². The number of benzene rings is 2. The van der Waals surface area contributed by atoms with Crippen molar-refractivity contribution in [3.63, 3.8) is 0 Å². The number of pyridine rings is 1. The fourth-order valence-corrected chi connectivity index (χ4v) is 3.96. The van der Waals surface area contributed by atoms with Crippen molar-refractivity contribution in [1.82, 2.24) is 20.1 Å². The number of ether oxygens (including phenoxy) is 1. The molecule has 1 atom stereocenters. The lowest BCUT2D eigenvalue weighted by Crippen LogP contribution is -2.28. The smallest absolute Gasteiger partial charge is 0.165 e. The highest BCUT2D eigenvalue weighted by Gasteiger charge is 2.24. The molecule has 0 amide bonds. The first kappa shape index (κ1) is 19.6. The third-order valence-corrected chi connectivity index (χ3v) is 5.46. The molecule has 8 heteroatoms. The topological polar surface area (TPSA) is 52.0 Å². The van der Waals surface area contributed by atoms with Gasteiger partial charge in [0.05, 0.1) is 34.7 Å². The monoisotopic (exact) mass is 424 g/mol. The Kier molecular flexibility index (Phi) is 5.07. The Morgan fingerprint density at radius 3 is 2.61 bits per heavy atom. The lowest BCUT2D eigenvalue weighted by Gasteiger charge is -2.21. The Morgan fingerprint density at radius 2 is 1.84 bits per heavy atom. The Hall–Kier alpha value is -3.39. The van der Waals surface area contributed by atoms with Crippen LogP contribution in [0.1, 0.15) is 24.5 Å². The standard InChI is InChI=1S/C23H19F3N4O/c24-15-3-8-18(25)21(10-15)31-17-6-4-16(5-7-17)30-20-13-28-12-19(26)22(20)23(29-30)14-2-1-9-27-11-14/h3-8,10,12-14,27H,1-2,9,11H2. The van der Waals surface area contributed by atoms with Gasteiger partial charge in [0.1, 0.15) is 11.6 Å². The molecule has 0 radical (unpaired) electrons. The molecule has 1 aliphatic heterocycles. The number of nitrogens with zero attached hydrogens (tertiary/aromatic N) is 3. The van der Waals surface area contributed by atoms with E-state index in [1.807, 2.05) is 0 Å². The molecule has 4 aromatic rings. The van der Waals surface area contributed by atoms with E-state index in [0.717, 1.165) is 44.1 Å². The van der Waals surface area contributed by atoms with Gasteiger partial charge in [-0.15, -0.1) is 0 Å². The van der Waals surface area contributed by atoms with Crippen LogP contribution in [-0.4, -0.2) is 27.9 Å². The van der Waals surface area contributed by atoms with Gasteiger partial charge in [-0.2, -0.15) is 5.10 Å². The summed E-state index contributed by atoms with van der Waals surface area (Å²) in [5.74, 6) is -1.38. The van der Waals surface area contributed by atoms with Gasteiger partial charge in [0, 0.05) is 18.5 Å². The number of rotatable bonds is 4. The molecule has 1 fully saturated rings. The van der Waals surface area contributed by atoms with Crippen molar-refractivity contribution in [2.75, 3.05) is 13.1 Å². The molecule has 3 heterocycles. The molecule has 0 spiro atoms. The summed E-state index contributed by atoms with van der Waals surface area (Å²) in [5, 5.41) is 8.55. The summed E-state index contributed by atoms with van der Waals surface area (Å²) in [5.41, 5.74) is 1.97. The van der Waals surface area contributed by atoms with Crippen molar-refractivity contribution in [3.05, 3.63) is 78.0 Å². The first-order chi connectivity index (χ1) is 15.1. The van der Waals surface area contributed by atoms with Crippen molar-refractivity contribution >= 4 is 10.9 Å². The minimum Gasteiger partial charge on any atom is -0.454 e. The van der Waals surface area contributed by atoms with Crippen LogP contribution in [0, 0.1) is 17.5 Å². The van der Waals surface area contributed by atoms with E-state index < -0.39 is 17.5 Å². The first-order valence-electron chi connectivity index (χ1n) is 10.1. The summed E-state index contributed by atoms with van der Waals surface area (Å²) in [7, 11) is 0. The molecule has 1 saturated heterocycles. The Labute approximate surface area is 176 Å². The highest BCUT2D eigenvalue weighted by Crippen LogP contribution is 2.33. The summed E-state index contributed by atoms with van der Waals surface area (Å²) in [4.78, 5) is 4.00. The number of piperidine rings is 1. The van der Waals surface area contributed by atoms with Crippen molar-refractivity contribution in [2.24, 2.45) is 0 Å². The fraction of sp³-hybridized carbons (Fsp3) is 0.217. The summed E-state index contributed by atoms with van der Waals surface area (Å²) in [6.07, 6.45) is 4.75. The second kappa shape index (κ2) is 8.03. The quantitative estimate of drug-likeness (QED) is 0.495. The molecule has 0 bridgehead atoms. The van der Waals surface area contributed by atoms with Gasteiger partial charge in [0.25, 0.3) is 0 Å². The van der Waals surface area contributed by atoms with Crippen molar-refractivity contribution in [2.45, 2.75) is 18.8 Å². The summed E-state index contributed by atoms with van der Waals surface area (Å²) in [6, 6.07) is 9.74. The minimum atomic E-state index is -0.657. The van der Waals surface area contributed by atoms with E-state index in [9.17, 15) is 13.2 Å². The minimum absolute atomic E-state index is 0.118. The Balaban J connectivity index is 1.51. The van der Waals surface area contributed by atoms with Gasteiger partial charge in [-0.3, -0.25) is 4.98 Å². The average molecular weight is 424 g/mol. The number of aromatic nitrogens is 3. The van der Waals surface area contributed by atoms with E-state index in [-0.39, 0.29) is 11.7 Å². The Morgan fingerprint density at radius 1 is 1.00 bits per heavy atom. The molecular weight excluding hydrogens is 405 g/mol. The highest BCUT2D eigenvalue weighted by atomic mass is 19.1. The SMILES string of the molecule is Fc1ccc(F)c(Oc2ccc(-n3nc(C4CCCNC4)c4c(F)cncc43)cc2)c1. The normalized spacial score (nSPS) is 16.5. The van der Waals surface area contributed by atoms with Crippen LogP contribution in [0.25, 0.3) is 16.6 Å². The number of fused-ring (bicyclic) bond motifs is 1. The van der Waals surface area contributed by atoms with Crippen LogP contribution in [0.4, 0.5) is 13.2 Å². The molecule has 31 heavy (non-hydrogen) atoms. The molecule has 2 aromatic heterocycles. The van der Waals surface area contributed by atoms with Gasteiger partial charge >= 0.3 is 0 Å². The molecule has 1 aliphatic rings. The third-order valence-electron chi connectivity index (χ3n) is 5.46. The van der Waals surface area contributed by atoms with Crippen molar-refractivity contribution in [3.8, 4) is 17.2 Å². The number of halogens is 3. The molecule has 1 N–H and O–H groups in total. The van der Waals surface area contributed by atoms with Crippen molar-refractivity contribution < 1.29 is 17.9 Å². The van der Waals surface area contributed by atoms with Crippen LogP contribution < -0.4 is 10.1 Å². The third kappa shape index (κ3) is 3.74. The van der Waals surface area contributed by atoms with Crippen LogP contribution in [-0.2, 0) is 0 Å². The molecule has 1 unspecified atom stereocenters.